The number of ketones is 1. The standard InChI is InChI=1S/C14H8O4/c15-7-5-10-12(14(18)11(16)6-7)8-3-1-2-4-9(8)13(10)17/h1-6,16,18H. The maximum Gasteiger partial charge on any atom is 0.194 e. The summed E-state index contributed by atoms with van der Waals surface area (Å²) in [5.74, 6) is -1.28. The van der Waals surface area contributed by atoms with Gasteiger partial charge in [-0.3, -0.25) is 9.59 Å². The lowest BCUT2D eigenvalue weighted by Gasteiger charge is -2.00. The number of benzene rings is 1. The Bertz CT molecular complexity index is 747. The van der Waals surface area contributed by atoms with Gasteiger partial charge in [-0.15, -0.1) is 0 Å². The van der Waals surface area contributed by atoms with E-state index in [0.717, 1.165) is 12.1 Å². The molecule has 1 aliphatic rings. The maximum atomic E-state index is 12.1. The molecule has 0 radical (unpaired) electrons. The molecule has 3 rings (SSSR count). The third-order valence-corrected chi connectivity index (χ3v) is 3.00. The molecule has 0 bridgehead atoms. The molecule has 2 N–H and O–H groups in total. The first kappa shape index (κ1) is 10.5. The van der Waals surface area contributed by atoms with E-state index in [1.54, 1.807) is 24.3 Å². The first-order valence-corrected chi connectivity index (χ1v) is 5.34. The minimum absolute atomic E-state index is 0.124. The van der Waals surface area contributed by atoms with E-state index in [9.17, 15) is 19.8 Å². The van der Waals surface area contributed by atoms with Gasteiger partial charge in [-0.1, -0.05) is 24.3 Å². The molecule has 0 saturated carbocycles. The molecule has 18 heavy (non-hydrogen) atoms. The van der Waals surface area contributed by atoms with Crippen molar-refractivity contribution in [3.05, 3.63) is 57.7 Å². The molecular weight excluding hydrogens is 232 g/mol. The third-order valence-electron chi connectivity index (χ3n) is 3.00. The van der Waals surface area contributed by atoms with Crippen LogP contribution in [0.5, 0.6) is 11.5 Å². The van der Waals surface area contributed by atoms with Crippen LogP contribution in [0.15, 0.2) is 41.2 Å². The summed E-state index contributed by atoms with van der Waals surface area (Å²) in [5, 5.41) is 19.5. The molecule has 0 atom stereocenters. The molecule has 2 aromatic carbocycles. The monoisotopic (exact) mass is 240 g/mol. The summed E-state index contributed by atoms with van der Waals surface area (Å²) in [6.45, 7) is 0. The van der Waals surface area contributed by atoms with Crippen LogP contribution >= 0.6 is 0 Å². The van der Waals surface area contributed by atoms with Crippen molar-refractivity contribution < 1.29 is 15.0 Å². The van der Waals surface area contributed by atoms with E-state index in [1.807, 2.05) is 0 Å². The predicted octanol–water partition coefficient (Wildman–Crippen LogP) is 1.67. The van der Waals surface area contributed by atoms with Gasteiger partial charge in [0.15, 0.2) is 22.7 Å². The van der Waals surface area contributed by atoms with E-state index >= 15 is 0 Å². The number of carbonyl (C=O) groups excluding carboxylic acids is 1. The Kier molecular flexibility index (Phi) is 2.01. The largest absolute Gasteiger partial charge is 0.504 e. The second-order valence-corrected chi connectivity index (χ2v) is 4.09. The Morgan fingerprint density at radius 3 is 2.22 bits per heavy atom. The molecule has 4 heteroatoms. The Morgan fingerprint density at radius 2 is 1.50 bits per heavy atom. The Morgan fingerprint density at radius 1 is 0.833 bits per heavy atom. The highest BCUT2D eigenvalue weighted by molar-refractivity contribution is 6.22. The van der Waals surface area contributed by atoms with Crippen molar-refractivity contribution in [2.75, 3.05) is 0 Å². The summed E-state index contributed by atoms with van der Waals surface area (Å²) in [6.07, 6.45) is 0. The summed E-state index contributed by atoms with van der Waals surface area (Å²) in [6, 6.07) is 8.75. The van der Waals surface area contributed by atoms with E-state index in [2.05, 4.69) is 0 Å². The van der Waals surface area contributed by atoms with Crippen LogP contribution in [0.4, 0.5) is 0 Å². The normalized spacial score (nSPS) is 12.1. The summed E-state index contributed by atoms with van der Waals surface area (Å²) < 4.78 is 0. The van der Waals surface area contributed by atoms with E-state index in [4.69, 9.17) is 0 Å². The average molecular weight is 240 g/mol. The summed E-state index contributed by atoms with van der Waals surface area (Å²) >= 11 is 0. The molecule has 0 fully saturated rings. The van der Waals surface area contributed by atoms with Crippen LogP contribution in [0, 0.1) is 0 Å². The van der Waals surface area contributed by atoms with Gasteiger partial charge in [-0.2, -0.15) is 0 Å². The van der Waals surface area contributed by atoms with Gasteiger partial charge in [0.2, 0.25) is 0 Å². The lowest BCUT2D eigenvalue weighted by atomic mass is 10.1. The van der Waals surface area contributed by atoms with Crippen molar-refractivity contribution in [1.82, 2.24) is 0 Å². The lowest BCUT2D eigenvalue weighted by molar-refractivity contribution is 0.104. The molecule has 88 valence electrons. The van der Waals surface area contributed by atoms with Crippen LogP contribution in [0.2, 0.25) is 0 Å². The van der Waals surface area contributed by atoms with E-state index in [1.165, 1.54) is 0 Å². The van der Waals surface area contributed by atoms with Crippen molar-refractivity contribution in [1.29, 1.82) is 0 Å². The molecule has 0 amide bonds. The van der Waals surface area contributed by atoms with Crippen LogP contribution in [0.1, 0.15) is 15.9 Å². The zero-order valence-corrected chi connectivity index (χ0v) is 9.18. The number of aromatic hydroxyl groups is 2. The Hall–Kier alpha value is -2.62. The van der Waals surface area contributed by atoms with Crippen molar-refractivity contribution in [3.63, 3.8) is 0 Å². The van der Waals surface area contributed by atoms with Gasteiger partial charge >= 0.3 is 0 Å². The summed E-state index contributed by atoms with van der Waals surface area (Å²) in [5.41, 5.74) is 0.771. The second kappa shape index (κ2) is 3.43. The smallest absolute Gasteiger partial charge is 0.194 e. The van der Waals surface area contributed by atoms with Gasteiger partial charge in [0.1, 0.15) is 0 Å². The van der Waals surface area contributed by atoms with Crippen LogP contribution in [0.25, 0.3) is 11.1 Å². The molecule has 0 aromatic heterocycles. The first-order valence-electron chi connectivity index (χ1n) is 5.34. The number of rotatable bonds is 0. The second-order valence-electron chi connectivity index (χ2n) is 4.09. The Balaban J connectivity index is 2.53. The number of hydrogen-bond acceptors (Lipinski definition) is 4. The molecule has 0 heterocycles. The average Bonchev–Trinajstić information content (AvgIpc) is 2.56. The molecule has 4 nitrogen and oxygen atoms in total. The fraction of sp³-hybridized carbons (Fsp3) is 0. The molecule has 2 aromatic rings. The maximum absolute atomic E-state index is 12.1. The highest BCUT2D eigenvalue weighted by Crippen LogP contribution is 2.43. The number of carbonyl (C=O) groups is 1. The summed E-state index contributed by atoms with van der Waals surface area (Å²) in [4.78, 5) is 23.6. The minimum Gasteiger partial charge on any atom is -0.504 e. The molecular formula is C14H8O4. The van der Waals surface area contributed by atoms with Crippen LogP contribution in [-0.2, 0) is 0 Å². The van der Waals surface area contributed by atoms with E-state index in [-0.39, 0.29) is 16.9 Å². The van der Waals surface area contributed by atoms with Crippen LogP contribution in [0.3, 0.4) is 0 Å². The van der Waals surface area contributed by atoms with Crippen LogP contribution in [-0.4, -0.2) is 16.0 Å². The topological polar surface area (TPSA) is 74.6 Å². The summed E-state index contributed by atoms with van der Waals surface area (Å²) in [7, 11) is 0. The third kappa shape index (κ3) is 1.26. The zero-order chi connectivity index (χ0) is 12.9. The highest BCUT2D eigenvalue weighted by Gasteiger charge is 2.29. The fourth-order valence-electron chi connectivity index (χ4n) is 2.21. The predicted molar refractivity (Wildman–Crippen MR) is 64.9 cm³/mol. The van der Waals surface area contributed by atoms with E-state index in [0.29, 0.717) is 11.1 Å². The highest BCUT2D eigenvalue weighted by atomic mass is 16.3. The van der Waals surface area contributed by atoms with Crippen molar-refractivity contribution in [2.24, 2.45) is 0 Å². The molecule has 0 spiro atoms. The number of hydrogen-bond donors (Lipinski definition) is 2. The van der Waals surface area contributed by atoms with Gasteiger partial charge in [0, 0.05) is 22.8 Å². The quantitative estimate of drug-likeness (QED) is 0.626. The molecule has 1 aliphatic carbocycles. The molecule has 0 saturated heterocycles. The van der Waals surface area contributed by atoms with Crippen molar-refractivity contribution in [2.45, 2.75) is 0 Å². The minimum atomic E-state index is -0.523. The zero-order valence-electron chi connectivity index (χ0n) is 9.18. The fourth-order valence-corrected chi connectivity index (χ4v) is 2.21. The van der Waals surface area contributed by atoms with Gasteiger partial charge in [-0.25, -0.2) is 0 Å². The van der Waals surface area contributed by atoms with Gasteiger partial charge in [-0.05, 0) is 11.6 Å². The van der Waals surface area contributed by atoms with Gasteiger partial charge in [0.05, 0.1) is 0 Å². The molecule has 0 aliphatic heterocycles. The van der Waals surface area contributed by atoms with Crippen LogP contribution < -0.4 is 5.43 Å². The Labute approximate surface area is 102 Å². The van der Waals surface area contributed by atoms with E-state index < -0.39 is 16.9 Å². The number of fused-ring (bicyclic) bond motifs is 3. The first-order chi connectivity index (χ1) is 8.59. The van der Waals surface area contributed by atoms with Gasteiger partial charge in [0.25, 0.3) is 0 Å². The molecule has 0 unspecified atom stereocenters. The van der Waals surface area contributed by atoms with Crippen molar-refractivity contribution in [3.8, 4) is 22.6 Å². The lowest BCUT2D eigenvalue weighted by Crippen LogP contribution is -1.99. The van der Waals surface area contributed by atoms with Crippen molar-refractivity contribution >= 4 is 5.78 Å². The van der Waals surface area contributed by atoms with Gasteiger partial charge < -0.3 is 10.2 Å². The SMILES string of the molecule is O=C1c2ccccc2-c2c1cc(=O)cc(O)c2O.